The van der Waals surface area contributed by atoms with Crippen molar-refractivity contribution >= 4 is 23.2 Å². The van der Waals surface area contributed by atoms with Crippen molar-refractivity contribution < 1.29 is 9.18 Å². The van der Waals surface area contributed by atoms with Gasteiger partial charge in [0.25, 0.3) is 5.91 Å². The van der Waals surface area contributed by atoms with Crippen LogP contribution in [0.25, 0.3) is 0 Å². The summed E-state index contributed by atoms with van der Waals surface area (Å²) in [5.74, 6) is -0.817. The van der Waals surface area contributed by atoms with Gasteiger partial charge in [0, 0.05) is 18.3 Å². The van der Waals surface area contributed by atoms with E-state index < -0.39 is 5.82 Å². The van der Waals surface area contributed by atoms with Crippen LogP contribution in [0.4, 0.5) is 10.1 Å². The van der Waals surface area contributed by atoms with Crippen molar-refractivity contribution in [2.45, 2.75) is 6.54 Å². The molecule has 4 nitrogen and oxygen atoms in total. The molecule has 0 radical (unpaired) electrons. The number of carbonyl (C=O) groups excluding carboxylic acids is 1. The SMILES string of the molecule is NCc1cc(C(=O)Nc2ccc(F)cc2Cl)ccn1. The van der Waals surface area contributed by atoms with Gasteiger partial charge < -0.3 is 11.1 Å². The Morgan fingerprint density at radius 2 is 2.16 bits per heavy atom. The quantitative estimate of drug-likeness (QED) is 0.907. The average molecular weight is 280 g/mol. The van der Waals surface area contributed by atoms with E-state index >= 15 is 0 Å². The monoisotopic (exact) mass is 279 g/mol. The summed E-state index contributed by atoms with van der Waals surface area (Å²) in [5.41, 5.74) is 6.82. The van der Waals surface area contributed by atoms with Crippen LogP contribution < -0.4 is 11.1 Å². The molecule has 0 bridgehead atoms. The van der Waals surface area contributed by atoms with E-state index in [1.807, 2.05) is 0 Å². The number of aromatic nitrogens is 1. The zero-order valence-electron chi connectivity index (χ0n) is 9.86. The zero-order valence-corrected chi connectivity index (χ0v) is 10.6. The van der Waals surface area contributed by atoms with Crippen molar-refractivity contribution in [3.8, 4) is 0 Å². The second kappa shape index (κ2) is 5.77. The lowest BCUT2D eigenvalue weighted by Gasteiger charge is -2.07. The molecule has 2 rings (SSSR count). The summed E-state index contributed by atoms with van der Waals surface area (Å²) in [6, 6.07) is 6.91. The van der Waals surface area contributed by atoms with Crippen LogP contribution in [0.15, 0.2) is 36.5 Å². The zero-order chi connectivity index (χ0) is 13.8. The Morgan fingerprint density at radius 1 is 1.37 bits per heavy atom. The van der Waals surface area contributed by atoms with Crippen molar-refractivity contribution in [2.75, 3.05) is 5.32 Å². The van der Waals surface area contributed by atoms with Gasteiger partial charge in [-0.3, -0.25) is 9.78 Å². The third-order valence-corrected chi connectivity index (χ3v) is 2.78. The minimum absolute atomic E-state index is 0.140. The van der Waals surface area contributed by atoms with Gasteiger partial charge >= 0.3 is 0 Å². The van der Waals surface area contributed by atoms with E-state index in [1.165, 1.54) is 18.3 Å². The van der Waals surface area contributed by atoms with Crippen molar-refractivity contribution in [1.82, 2.24) is 4.98 Å². The van der Waals surface area contributed by atoms with Gasteiger partial charge in [-0.15, -0.1) is 0 Å². The van der Waals surface area contributed by atoms with E-state index in [0.717, 1.165) is 6.07 Å². The number of pyridine rings is 1. The molecule has 1 aromatic carbocycles. The van der Waals surface area contributed by atoms with Crippen LogP contribution in [0, 0.1) is 5.82 Å². The van der Waals surface area contributed by atoms with E-state index in [0.29, 0.717) is 16.9 Å². The molecule has 1 amide bonds. The lowest BCUT2D eigenvalue weighted by Crippen LogP contribution is -2.13. The molecule has 98 valence electrons. The Labute approximate surface area is 114 Å². The second-order valence-corrected chi connectivity index (χ2v) is 4.23. The molecule has 1 heterocycles. The highest BCUT2D eigenvalue weighted by Gasteiger charge is 2.09. The van der Waals surface area contributed by atoms with Crippen molar-refractivity contribution in [3.63, 3.8) is 0 Å². The maximum atomic E-state index is 12.9. The number of nitrogens with two attached hydrogens (primary N) is 1. The number of hydrogen-bond acceptors (Lipinski definition) is 3. The first-order valence-electron chi connectivity index (χ1n) is 5.51. The Morgan fingerprint density at radius 3 is 2.84 bits per heavy atom. The Bertz CT molecular complexity index is 619. The van der Waals surface area contributed by atoms with Crippen LogP contribution in [-0.2, 0) is 6.54 Å². The number of nitrogens with one attached hydrogen (secondary N) is 1. The summed E-state index contributed by atoms with van der Waals surface area (Å²) in [5, 5.41) is 2.74. The minimum atomic E-state index is -0.461. The summed E-state index contributed by atoms with van der Waals surface area (Å²) in [4.78, 5) is 16.0. The maximum Gasteiger partial charge on any atom is 0.255 e. The summed E-state index contributed by atoms with van der Waals surface area (Å²) in [7, 11) is 0. The molecule has 0 aliphatic rings. The number of rotatable bonds is 3. The highest BCUT2D eigenvalue weighted by molar-refractivity contribution is 6.33. The van der Waals surface area contributed by atoms with E-state index in [-0.39, 0.29) is 17.5 Å². The van der Waals surface area contributed by atoms with Crippen molar-refractivity contribution in [1.29, 1.82) is 0 Å². The standard InChI is InChI=1S/C13H11ClFN3O/c14-11-6-9(15)1-2-12(11)18-13(19)8-3-4-17-10(5-8)7-16/h1-6H,7,16H2,(H,18,19). The first-order chi connectivity index (χ1) is 9.10. The number of nitrogens with zero attached hydrogens (tertiary/aromatic N) is 1. The molecule has 0 atom stereocenters. The molecule has 1 aromatic heterocycles. The predicted molar refractivity (Wildman–Crippen MR) is 71.5 cm³/mol. The fourth-order valence-electron chi connectivity index (χ4n) is 1.52. The number of hydrogen-bond donors (Lipinski definition) is 2. The Kier molecular flexibility index (Phi) is 4.09. The number of benzene rings is 1. The van der Waals surface area contributed by atoms with Gasteiger partial charge in [-0.2, -0.15) is 0 Å². The molecule has 6 heteroatoms. The lowest BCUT2D eigenvalue weighted by atomic mass is 10.2. The molecule has 0 saturated heterocycles. The van der Waals surface area contributed by atoms with Gasteiger partial charge in [-0.05, 0) is 30.3 Å². The van der Waals surface area contributed by atoms with Gasteiger partial charge in [0.2, 0.25) is 0 Å². The van der Waals surface area contributed by atoms with Gasteiger partial charge in [0.1, 0.15) is 5.82 Å². The van der Waals surface area contributed by atoms with Crippen LogP contribution in [0.2, 0.25) is 5.02 Å². The lowest BCUT2D eigenvalue weighted by molar-refractivity contribution is 0.102. The summed E-state index contributed by atoms with van der Waals surface area (Å²) >= 11 is 5.83. The van der Waals surface area contributed by atoms with Gasteiger partial charge in [-0.1, -0.05) is 11.6 Å². The number of halogens is 2. The summed E-state index contributed by atoms with van der Waals surface area (Å²) in [6.07, 6.45) is 1.50. The van der Waals surface area contributed by atoms with Crippen LogP contribution in [0.5, 0.6) is 0 Å². The molecule has 0 saturated carbocycles. The molecule has 0 unspecified atom stereocenters. The van der Waals surface area contributed by atoms with Crippen molar-refractivity contribution in [2.24, 2.45) is 5.73 Å². The summed E-state index contributed by atoms with van der Waals surface area (Å²) in [6.45, 7) is 0.248. The first-order valence-corrected chi connectivity index (χ1v) is 5.89. The molecule has 0 aliphatic carbocycles. The fraction of sp³-hybridized carbons (Fsp3) is 0.0769. The molecule has 0 aliphatic heterocycles. The largest absolute Gasteiger partial charge is 0.325 e. The highest BCUT2D eigenvalue weighted by atomic mass is 35.5. The van der Waals surface area contributed by atoms with Gasteiger partial charge in [-0.25, -0.2) is 4.39 Å². The number of amides is 1. The van der Waals surface area contributed by atoms with E-state index in [4.69, 9.17) is 17.3 Å². The third-order valence-electron chi connectivity index (χ3n) is 2.47. The molecular weight excluding hydrogens is 269 g/mol. The average Bonchev–Trinajstić information content (AvgIpc) is 2.42. The minimum Gasteiger partial charge on any atom is -0.325 e. The van der Waals surface area contributed by atoms with Gasteiger partial charge in [0.15, 0.2) is 0 Å². The van der Waals surface area contributed by atoms with E-state index in [2.05, 4.69) is 10.3 Å². The van der Waals surface area contributed by atoms with Crippen LogP contribution in [0.3, 0.4) is 0 Å². The smallest absolute Gasteiger partial charge is 0.255 e. The van der Waals surface area contributed by atoms with Crippen molar-refractivity contribution in [3.05, 3.63) is 58.6 Å². The normalized spacial score (nSPS) is 10.3. The number of anilines is 1. The van der Waals surface area contributed by atoms with E-state index in [9.17, 15) is 9.18 Å². The molecule has 19 heavy (non-hydrogen) atoms. The third kappa shape index (κ3) is 3.27. The Balaban J connectivity index is 2.20. The molecule has 3 N–H and O–H groups in total. The molecule has 0 fully saturated rings. The Hall–Kier alpha value is -1.98. The number of carbonyl (C=O) groups is 1. The van der Waals surface area contributed by atoms with Crippen LogP contribution >= 0.6 is 11.6 Å². The molecular formula is C13H11ClFN3O. The van der Waals surface area contributed by atoms with Crippen LogP contribution in [-0.4, -0.2) is 10.9 Å². The fourth-order valence-corrected chi connectivity index (χ4v) is 1.73. The second-order valence-electron chi connectivity index (χ2n) is 3.82. The summed E-state index contributed by atoms with van der Waals surface area (Å²) < 4.78 is 12.9. The highest BCUT2D eigenvalue weighted by Crippen LogP contribution is 2.23. The topological polar surface area (TPSA) is 68.0 Å². The van der Waals surface area contributed by atoms with E-state index in [1.54, 1.807) is 12.1 Å². The molecule has 2 aromatic rings. The molecule has 0 spiro atoms. The van der Waals surface area contributed by atoms with Gasteiger partial charge in [0.05, 0.1) is 16.4 Å². The maximum absolute atomic E-state index is 12.9. The first kappa shape index (κ1) is 13.5. The van der Waals surface area contributed by atoms with Crippen LogP contribution in [0.1, 0.15) is 16.1 Å². The predicted octanol–water partition coefficient (Wildman–Crippen LogP) is 2.59.